The summed E-state index contributed by atoms with van der Waals surface area (Å²) in [5.41, 5.74) is 0.968. The lowest BCUT2D eigenvalue weighted by Crippen LogP contribution is -2.29. The van der Waals surface area contributed by atoms with E-state index < -0.39 is 0 Å². The molecular weight excluding hydrogens is 200 g/mol. The number of aliphatic hydroxyl groups is 1. The first kappa shape index (κ1) is 10.1. The van der Waals surface area contributed by atoms with Crippen LogP contribution >= 0.6 is 0 Å². The Labute approximate surface area is 96.1 Å². The summed E-state index contributed by atoms with van der Waals surface area (Å²) in [6.07, 6.45) is 7.13. The van der Waals surface area contributed by atoms with E-state index in [9.17, 15) is 5.11 Å². The van der Waals surface area contributed by atoms with Crippen molar-refractivity contribution in [3.63, 3.8) is 0 Å². The molecule has 0 aromatic carbocycles. The van der Waals surface area contributed by atoms with Crippen LogP contribution in [0.2, 0.25) is 0 Å². The number of pyridine rings is 1. The zero-order valence-corrected chi connectivity index (χ0v) is 9.47. The minimum atomic E-state index is 0.0943. The molecule has 2 fully saturated rings. The van der Waals surface area contributed by atoms with Crippen LogP contribution in [0.5, 0.6) is 0 Å². The third-order valence-electron chi connectivity index (χ3n) is 3.45. The fraction of sp³-hybridized carbons (Fsp3) is 0.615. The number of hydrogen-bond donors (Lipinski definition) is 1. The van der Waals surface area contributed by atoms with Crippen molar-refractivity contribution in [3.8, 4) is 0 Å². The molecule has 1 N–H and O–H groups in total. The van der Waals surface area contributed by atoms with Gasteiger partial charge in [0.05, 0.1) is 6.61 Å². The minimum absolute atomic E-state index is 0.0943. The summed E-state index contributed by atoms with van der Waals surface area (Å²) >= 11 is 0. The van der Waals surface area contributed by atoms with Crippen molar-refractivity contribution < 1.29 is 5.11 Å². The summed E-state index contributed by atoms with van der Waals surface area (Å²) in [7, 11) is 0. The summed E-state index contributed by atoms with van der Waals surface area (Å²) < 4.78 is 0. The average Bonchev–Trinajstić information content (AvgIpc) is 3.16. The van der Waals surface area contributed by atoms with Gasteiger partial charge in [0.25, 0.3) is 0 Å². The molecule has 1 aromatic rings. The molecule has 0 bridgehead atoms. The van der Waals surface area contributed by atoms with Crippen LogP contribution in [0, 0.1) is 5.92 Å². The van der Waals surface area contributed by atoms with Gasteiger partial charge in [0, 0.05) is 24.3 Å². The van der Waals surface area contributed by atoms with Crippen LogP contribution in [0.15, 0.2) is 18.3 Å². The van der Waals surface area contributed by atoms with E-state index in [1.165, 1.54) is 25.7 Å². The molecule has 16 heavy (non-hydrogen) atoms. The predicted octanol–water partition coefficient (Wildman–Crippen LogP) is 1.95. The van der Waals surface area contributed by atoms with Crippen LogP contribution in [0.3, 0.4) is 0 Å². The number of rotatable bonds is 5. The van der Waals surface area contributed by atoms with Crippen LogP contribution in [0.1, 0.15) is 31.2 Å². The van der Waals surface area contributed by atoms with Crippen LogP contribution in [0.25, 0.3) is 0 Å². The Morgan fingerprint density at radius 1 is 1.31 bits per heavy atom. The standard InChI is InChI=1S/C13H18N2O/c16-9-11-2-1-7-14-13(11)15(12-5-6-12)8-10-3-4-10/h1-2,7,10,12,16H,3-6,8-9H2. The predicted molar refractivity (Wildman–Crippen MR) is 63.3 cm³/mol. The molecule has 0 amide bonds. The summed E-state index contributed by atoms with van der Waals surface area (Å²) in [6.45, 7) is 1.23. The quantitative estimate of drug-likeness (QED) is 0.820. The third kappa shape index (κ3) is 2.05. The summed E-state index contributed by atoms with van der Waals surface area (Å²) in [6, 6.07) is 4.56. The summed E-state index contributed by atoms with van der Waals surface area (Å²) in [5, 5.41) is 9.35. The summed E-state index contributed by atoms with van der Waals surface area (Å²) in [4.78, 5) is 6.88. The van der Waals surface area contributed by atoms with Gasteiger partial charge < -0.3 is 10.0 Å². The van der Waals surface area contributed by atoms with Crippen LogP contribution < -0.4 is 4.90 Å². The normalized spacial score (nSPS) is 19.8. The molecule has 2 saturated carbocycles. The third-order valence-corrected chi connectivity index (χ3v) is 3.45. The molecule has 1 heterocycles. The highest BCUT2D eigenvalue weighted by atomic mass is 16.3. The van der Waals surface area contributed by atoms with Crippen molar-refractivity contribution in [1.29, 1.82) is 0 Å². The molecule has 0 spiro atoms. The number of hydrogen-bond acceptors (Lipinski definition) is 3. The second kappa shape index (κ2) is 4.06. The van der Waals surface area contributed by atoms with Gasteiger partial charge in [0.2, 0.25) is 0 Å². The first-order valence-electron chi connectivity index (χ1n) is 6.20. The van der Waals surface area contributed by atoms with Crippen LogP contribution in [-0.4, -0.2) is 22.7 Å². The van der Waals surface area contributed by atoms with Crippen molar-refractivity contribution in [1.82, 2.24) is 4.98 Å². The van der Waals surface area contributed by atoms with Crippen molar-refractivity contribution >= 4 is 5.82 Å². The maximum atomic E-state index is 9.35. The lowest BCUT2D eigenvalue weighted by atomic mass is 10.2. The van der Waals surface area contributed by atoms with Gasteiger partial charge in [-0.05, 0) is 37.7 Å². The van der Waals surface area contributed by atoms with Crippen molar-refractivity contribution in [2.45, 2.75) is 38.3 Å². The number of nitrogens with zero attached hydrogens (tertiary/aromatic N) is 2. The molecule has 0 saturated heterocycles. The molecule has 0 atom stereocenters. The molecule has 3 rings (SSSR count). The van der Waals surface area contributed by atoms with Gasteiger partial charge in [-0.25, -0.2) is 4.98 Å². The Morgan fingerprint density at radius 3 is 2.75 bits per heavy atom. The topological polar surface area (TPSA) is 36.4 Å². The molecular formula is C13H18N2O. The van der Waals surface area contributed by atoms with Gasteiger partial charge in [-0.3, -0.25) is 0 Å². The fourth-order valence-electron chi connectivity index (χ4n) is 2.19. The zero-order valence-electron chi connectivity index (χ0n) is 9.47. The van der Waals surface area contributed by atoms with Crippen molar-refractivity contribution in [2.75, 3.05) is 11.4 Å². The van der Waals surface area contributed by atoms with E-state index in [1.54, 1.807) is 0 Å². The molecule has 2 aliphatic rings. The second-order valence-electron chi connectivity index (χ2n) is 4.97. The first-order valence-corrected chi connectivity index (χ1v) is 6.20. The molecule has 0 unspecified atom stereocenters. The Balaban J connectivity index is 1.84. The van der Waals surface area contributed by atoms with Crippen LogP contribution in [-0.2, 0) is 6.61 Å². The van der Waals surface area contributed by atoms with E-state index in [0.29, 0.717) is 6.04 Å². The minimum Gasteiger partial charge on any atom is -0.392 e. The summed E-state index contributed by atoms with van der Waals surface area (Å²) in [5.74, 6) is 1.88. The van der Waals surface area contributed by atoms with E-state index in [4.69, 9.17) is 0 Å². The number of aliphatic hydroxyl groups excluding tert-OH is 1. The molecule has 0 radical (unpaired) electrons. The Morgan fingerprint density at radius 2 is 2.12 bits per heavy atom. The number of anilines is 1. The molecule has 1 aromatic heterocycles. The molecule has 3 heteroatoms. The first-order chi connectivity index (χ1) is 7.88. The van der Waals surface area contributed by atoms with Gasteiger partial charge >= 0.3 is 0 Å². The molecule has 0 aliphatic heterocycles. The van der Waals surface area contributed by atoms with E-state index in [-0.39, 0.29) is 6.61 Å². The van der Waals surface area contributed by atoms with Gasteiger partial charge in [-0.15, -0.1) is 0 Å². The molecule has 2 aliphatic carbocycles. The van der Waals surface area contributed by atoms with Gasteiger partial charge in [0.15, 0.2) is 0 Å². The maximum absolute atomic E-state index is 9.35. The Kier molecular flexibility index (Phi) is 2.56. The zero-order chi connectivity index (χ0) is 11.0. The second-order valence-corrected chi connectivity index (χ2v) is 4.97. The monoisotopic (exact) mass is 218 g/mol. The fourth-order valence-corrected chi connectivity index (χ4v) is 2.19. The van der Waals surface area contributed by atoms with Gasteiger partial charge in [0.1, 0.15) is 5.82 Å². The molecule has 86 valence electrons. The smallest absolute Gasteiger partial charge is 0.134 e. The highest BCUT2D eigenvalue weighted by Crippen LogP contribution is 2.37. The lowest BCUT2D eigenvalue weighted by molar-refractivity contribution is 0.281. The molecule has 3 nitrogen and oxygen atoms in total. The van der Waals surface area contributed by atoms with Gasteiger partial charge in [-0.1, -0.05) is 6.07 Å². The van der Waals surface area contributed by atoms with E-state index in [0.717, 1.165) is 23.8 Å². The SMILES string of the molecule is OCc1cccnc1N(CC1CC1)C1CC1. The van der Waals surface area contributed by atoms with Crippen molar-refractivity contribution in [3.05, 3.63) is 23.9 Å². The Hall–Kier alpha value is -1.09. The van der Waals surface area contributed by atoms with Crippen molar-refractivity contribution in [2.24, 2.45) is 5.92 Å². The van der Waals surface area contributed by atoms with Crippen LogP contribution in [0.4, 0.5) is 5.82 Å². The highest BCUT2D eigenvalue weighted by molar-refractivity contribution is 5.48. The average molecular weight is 218 g/mol. The van der Waals surface area contributed by atoms with E-state index in [2.05, 4.69) is 9.88 Å². The highest BCUT2D eigenvalue weighted by Gasteiger charge is 2.35. The maximum Gasteiger partial charge on any atom is 0.134 e. The van der Waals surface area contributed by atoms with E-state index >= 15 is 0 Å². The van der Waals surface area contributed by atoms with E-state index in [1.807, 2.05) is 18.3 Å². The van der Waals surface area contributed by atoms with Gasteiger partial charge in [-0.2, -0.15) is 0 Å². The lowest BCUT2D eigenvalue weighted by Gasteiger charge is -2.25. The number of aromatic nitrogens is 1. The Bertz CT molecular complexity index is 372. The largest absolute Gasteiger partial charge is 0.392 e.